The molecule has 0 aromatic heterocycles. The summed E-state index contributed by atoms with van der Waals surface area (Å²) in [6.07, 6.45) is 0.822. The third kappa shape index (κ3) is 3.81. The van der Waals surface area contributed by atoms with Crippen molar-refractivity contribution in [1.82, 2.24) is 9.80 Å². The summed E-state index contributed by atoms with van der Waals surface area (Å²) in [4.78, 5) is 26.3. The number of hydrogen-bond donors (Lipinski definition) is 1. The van der Waals surface area contributed by atoms with Crippen LogP contribution in [0.25, 0.3) is 0 Å². The monoisotopic (exact) mass is 307 g/mol. The zero-order chi connectivity index (χ0) is 15.9. The van der Waals surface area contributed by atoms with Crippen LogP contribution in [0.2, 0.25) is 0 Å². The number of methoxy groups -OCH3 is 2. The van der Waals surface area contributed by atoms with Crippen LogP contribution in [0, 0.1) is 0 Å². The van der Waals surface area contributed by atoms with Crippen LogP contribution in [0.3, 0.4) is 0 Å². The van der Waals surface area contributed by atoms with Crippen LogP contribution < -0.4 is 14.8 Å². The number of anilines is 1. The standard InChI is InChI=1S/C15H21N3O4/c1-21-12-3-4-13(14(9-12)22-2)16-10-15(20)18-7-5-17(11-19)6-8-18/h3-4,9,11,16H,5-8,10H2,1-2H3. The first kappa shape index (κ1) is 15.9. The normalized spacial score (nSPS) is 14.5. The lowest BCUT2D eigenvalue weighted by Gasteiger charge is -2.32. The predicted octanol–water partition coefficient (Wildman–Crippen LogP) is 0.416. The second kappa shape index (κ2) is 7.53. The minimum Gasteiger partial charge on any atom is -0.497 e. The van der Waals surface area contributed by atoms with Gasteiger partial charge in [-0.1, -0.05) is 0 Å². The van der Waals surface area contributed by atoms with E-state index in [1.165, 1.54) is 0 Å². The summed E-state index contributed by atoms with van der Waals surface area (Å²) < 4.78 is 10.4. The maximum atomic E-state index is 12.2. The minimum atomic E-state index is 0.00317. The Bertz CT molecular complexity index is 528. The smallest absolute Gasteiger partial charge is 0.241 e. The molecular formula is C15H21N3O4. The molecule has 1 heterocycles. The molecule has 1 saturated heterocycles. The Hall–Kier alpha value is -2.44. The van der Waals surface area contributed by atoms with Crippen molar-refractivity contribution in [2.75, 3.05) is 52.3 Å². The van der Waals surface area contributed by atoms with Crippen LogP contribution in [0.4, 0.5) is 5.69 Å². The Morgan fingerprint density at radius 3 is 2.55 bits per heavy atom. The molecule has 22 heavy (non-hydrogen) atoms. The molecule has 0 saturated carbocycles. The van der Waals surface area contributed by atoms with Gasteiger partial charge in [-0.05, 0) is 12.1 Å². The summed E-state index contributed by atoms with van der Waals surface area (Å²) in [6, 6.07) is 5.38. The fourth-order valence-electron chi connectivity index (χ4n) is 2.30. The van der Waals surface area contributed by atoms with Crippen LogP contribution in [0.1, 0.15) is 0 Å². The summed E-state index contributed by atoms with van der Waals surface area (Å²) in [7, 11) is 3.16. The Morgan fingerprint density at radius 1 is 1.23 bits per heavy atom. The average molecular weight is 307 g/mol. The predicted molar refractivity (Wildman–Crippen MR) is 82.3 cm³/mol. The minimum absolute atomic E-state index is 0.00317. The number of hydrogen-bond acceptors (Lipinski definition) is 5. The van der Waals surface area contributed by atoms with E-state index in [4.69, 9.17) is 9.47 Å². The van der Waals surface area contributed by atoms with E-state index in [0.717, 1.165) is 12.1 Å². The second-order valence-electron chi connectivity index (χ2n) is 4.94. The van der Waals surface area contributed by atoms with Gasteiger partial charge in [0, 0.05) is 32.2 Å². The zero-order valence-corrected chi connectivity index (χ0v) is 12.9. The van der Waals surface area contributed by atoms with E-state index in [0.29, 0.717) is 37.7 Å². The van der Waals surface area contributed by atoms with E-state index in [9.17, 15) is 9.59 Å². The molecule has 0 aliphatic carbocycles. The summed E-state index contributed by atoms with van der Waals surface area (Å²) in [6.45, 7) is 2.49. The van der Waals surface area contributed by atoms with Crippen LogP contribution in [-0.4, -0.2) is 69.1 Å². The average Bonchev–Trinajstić information content (AvgIpc) is 2.59. The number of benzene rings is 1. The number of piperazine rings is 1. The molecule has 2 rings (SSSR count). The molecule has 0 spiro atoms. The molecular weight excluding hydrogens is 286 g/mol. The van der Waals surface area contributed by atoms with Crippen molar-refractivity contribution >= 4 is 18.0 Å². The van der Waals surface area contributed by atoms with Crippen molar-refractivity contribution in [3.63, 3.8) is 0 Å². The first-order chi connectivity index (χ1) is 10.7. The molecule has 1 aliphatic rings. The lowest BCUT2D eigenvalue weighted by atomic mass is 10.2. The maximum absolute atomic E-state index is 12.2. The number of nitrogens with zero attached hydrogens (tertiary/aromatic N) is 2. The summed E-state index contributed by atoms with van der Waals surface area (Å²) in [5, 5.41) is 3.08. The fraction of sp³-hybridized carbons (Fsp3) is 0.467. The molecule has 0 bridgehead atoms. The molecule has 0 radical (unpaired) electrons. The zero-order valence-electron chi connectivity index (χ0n) is 12.9. The lowest BCUT2D eigenvalue weighted by molar-refractivity contribution is -0.133. The first-order valence-electron chi connectivity index (χ1n) is 7.11. The van der Waals surface area contributed by atoms with Gasteiger partial charge < -0.3 is 24.6 Å². The second-order valence-corrected chi connectivity index (χ2v) is 4.94. The van der Waals surface area contributed by atoms with Gasteiger partial charge in [-0.25, -0.2) is 0 Å². The van der Waals surface area contributed by atoms with Crippen LogP contribution >= 0.6 is 0 Å². The molecule has 2 amide bonds. The van der Waals surface area contributed by atoms with E-state index >= 15 is 0 Å². The molecule has 0 unspecified atom stereocenters. The van der Waals surface area contributed by atoms with Crippen molar-refractivity contribution in [1.29, 1.82) is 0 Å². The molecule has 1 aromatic carbocycles. The number of carbonyl (C=O) groups excluding carboxylic acids is 2. The summed E-state index contributed by atoms with van der Waals surface area (Å²) in [5.74, 6) is 1.32. The Morgan fingerprint density at radius 2 is 1.95 bits per heavy atom. The van der Waals surface area contributed by atoms with Gasteiger partial charge in [-0.3, -0.25) is 9.59 Å². The Labute approximate surface area is 129 Å². The summed E-state index contributed by atoms with van der Waals surface area (Å²) >= 11 is 0. The van der Waals surface area contributed by atoms with Gasteiger partial charge >= 0.3 is 0 Å². The highest BCUT2D eigenvalue weighted by atomic mass is 16.5. The number of nitrogens with one attached hydrogen (secondary N) is 1. The fourth-order valence-corrected chi connectivity index (χ4v) is 2.30. The molecule has 7 nitrogen and oxygen atoms in total. The molecule has 1 N–H and O–H groups in total. The van der Waals surface area contributed by atoms with Crippen LogP contribution in [-0.2, 0) is 9.59 Å². The highest BCUT2D eigenvalue weighted by Crippen LogP contribution is 2.28. The van der Waals surface area contributed by atoms with Crippen LogP contribution in [0.5, 0.6) is 11.5 Å². The number of carbonyl (C=O) groups is 2. The van der Waals surface area contributed by atoms with Crippen molar-refractivity contribution < 1.29 is 19.1 Å². The first-order valence-corrected chi connectivity index (χ1v) is 7.11. The van der Waals surface area contributed by atoms with Crippen molar-refractivity contribution in [3.8, 4) is 11.5 Å². The number of ether oxygens (including phenoxy) is 2. The van der Waals surface area contributed by atoms with Crippen molar-refractivity contribution in [2.24, 2.45) is 0 Å². The van der Waals surface area contributed by atoms with Crippen LogP contribution in [0.15, 0.2) is 18.2 Å². The third-order valence-corrected chi connectivity index (χ3v) is 3.65. The molecule has 1 fully saturated rings. The van der Waals surface area contributed by atoms with Gasteiger partial charge in [0.25, 0.3) is 0 Å². The lowest BCUT2D eigenvalue weighted by Crippen LogP contribution is -2.49. The van der Waals surface area contributed by atoms with Gasteiger partial charge in [-0.15, -0.1) is 0 Å². The quantitative estimate of drug-likeness (QED) is 0.771. The maximum Gasteiger partial charge on any atom is 0.241 e. The van der Waals surface area contributed by atoms with E-state index < -0.39 is 0 Å². The van der Waals surface area contributed by atoms with Gasteiger partial charge in [-0.2, -0.15) is 0 Å². The Kier molecular flexibility index (Phi) is 5.46. The largest absolute Gasteiger partial charge is 0.497 e. The number of amides is 2. The van der Waals surface area contributed by atoms with E-state index in [2.05, 4.69) is 5.32 Å². The van der Waals surface area contributed by atoms with E-state index in [-0.39, 0.29) is 12.5 Å². The molecule has 7 heteroatoms. The van der Waals surface area contributed by atoms with Crippen molar-refractivity contribution in [3.05, 3.63) is 18.2 Å². The molecule has 120 valence electrons. The van der Waals surface area contributed by atoms with Crippen molar-refractivity contribution in [2.45, 2.75) is 0 Å². The molecule has 1 aliphatic heterocycles. The van der Waals surface area contributed by atoms with Gasteiger partial charge in [0.15, 0.2) is 0 Å². The highest BCUT2D eigenvalue weighted by Gasteiger charge is 2.20. The van der Waals surface area contributed by atoms with Gasteiger partial charge in [0.2, 0.25) is 12.3 Å². The number of rotatable bonds is 6. The van der Waals surface area contributed by atoms with E-state index in [1.54, 1.807) is 36.2 Å². The van der Waals surface area contributed by atoms with E-state index in [1.807, 2.05) is 6.07 Å². The Balaban J connectivity index is 1.90. The third-order valence-electron chi connectivity index (χ3n) is 3.65. The molecule has 0 atom stereocenters. The topological polar surface area (TPSA) is 71.1 Å². The molecule has 1 aromatic rings. The summed E-state index contributed by atoms with van der Waals surface area (Å²) in [5.41, 5.74) is 0.739. The van der Waals surface area contributed by atoms with Gasteiger partial charge in [0.05, 0.1) is 26.5 Å². The SMILES string of the molecule is COc1ccc(NCC(=O)N2CCN(C=O)CC2)c(OC)c1. The van der Waals surface area contributed by atoms with Gasteiger partial charge in [0.1, 0.15) is 11.5 Å². The highest BCUT2D eigenvalue weighted by molar-refractivity contribution is 5.81.